The molecule has 82 valence electrons. The second-order valence-corrected chi connectivity index (χ2v) is 2.61. The summed E-state index contributed by atoms with van der Waals surface area (Å²) in [5.74, 6) is 0. The molecule has 1 heterocycles. The monoisotopic (exact) mass is 222 g/mol. The zero-order valence-electron chi connectivity index (χ0n) is 7.15. The van der Waals surface area contributed by atoms with Crippen molar-refractivity contribution < 1.29 is 23.2 Å². The Balaban J connectivity index is 3.36. The van der Waals surface area contributed by atoms with Gasteiger partial charge >= 0.3 is 6.18 Å². The van der Waals surface area contributed by atoms with Crippen LogP contribution in [0.5, 0.6) is 0 Å². The molecule has 0 fully saturated rings. The predicted octanol–water partition coefficient (Wildman–Crippen LogP) is 1.50. The van der Waals surface area contributed by atoms with E-state index in [1.54, 1.807) is 0 Å². The van der Waals surface area contributed by atoms with E-state index in [4.69, 9.17) is 5.11 Å². The number of nitro groups is 1. The third-order valence-electron chi connectivity index (χ3n) is 1.60. The number of nitrogens with zero attached hydrogens (tertiary/aromatic N) is 2. The molecule has 1 aromatic rings. The Morgan fingerprint density at radius 3 is 2.53 bits per heavy atom. The molecular formula is C7H5F3N2O3. The molecule has 0 saturated carbocycles. The van der Waals surface area contributed by atoms with Crippen molar-refractivity contribution in [3.8, 4) is 0 Å². The van der Waals surface area contributed by atoms with Gasteiger partial charge in [0.1, 0.15) is 11.8 Å². The normalized spacial score (nSPS) is 11.5. The van der Waals surface area contributed by atoms with Crippen LogP contribution >= 0.6 is 0 Å². The van der Waals surface area contributed by atoms with Crippen molar-refractivity contribution in [1.29, 1.82) is 0 Å². The van der Waals surface area contributed by atoms with Crippen LogP contribution in [-0.4, -0.2) is 15.0 Å². The average Bonchev–Trinajstić information content (AvgIpc) is 2.15. The van der Waals surface area contributed by atoms with Crippen molar-refractivity contribution >= 4 is 5.69 Å². The van der Waals surface area contributed by atoms with Crippen molar-refractivity contribution in [3.05, 3.63) is 33.6 Å². The summed E-state index contributed by atoms with van der Waals surface area (Å²) in [7, 11) is 0. The number of hydrogen-bond acceptors (Lipinski definition) is 4. The van der Waals surface area contributed by atoms with E-state index in [2.05, 4.69) is 4.98 Å². The summed E-state index contributed by atoms with van der Waals surface area (Å²) in [4.78, 5) is 12.4. The summed E-state index contributed by atoms with van der Waals surface area (Å²) >= 11 is 0. The molecule has 15 heavy (non-hydrogen) atoms. The van der Waals surface area contributed by atoms with Crippen molar-refractivity contribution in [2.45, 2.75) is 12.8 Å². The summed E-state index contributed by atoms with van der Waals surface area (Å²) < 4.78 is 36.9. The first-order valence-electron chi connectivity index (χ1n) is 3.67. The molecule has 0 amide bonds. The molecule has 0 aliphatic rings. The first-order valence-corrected chi connectivity index (χ1v) is 3.67. The second-order valence-electron chi connectivity index (χ2n) is 2.61. The van der Waals surface area contributed by atoms with Gasteiger partial charge in [-0.05, 0) is 6.07 Å². The van der Waals surface area contributed by atoms with Crippen LogP contribution in [0.1, 0.15) is 11.3 Å². The van der Waals surface area contributed by atoms with E-state index in [0.717, 1.165) is 0 Å². The Hall–Kier alpha value is -1.70. The molecule has 0 atom stereocenters. The van der Waals surface area contributed by atoms with Gasteiger partial charge in [0, 0.05) is 0 Å². The second kappa shape index (κ2) is 3.81. The molecule has 1 rings (SSSR count). The van der Waals surface area contributed by atoms with Gasteiger partial charge < -0.3 is 5.11 Å². The Morgan fingerprint density at radius 2 is 2.13 bits per heavy atom. The Morgan fingerprint density at radius 1 is 1.53 bits per heavy atom. The Bertz CT molecular complexity index is 392. The first kappa shape index (κ1) is 11.4. The van der Waals surface area contributed by atoms with E-state index < -0.39 is 29.0 Å². The summed E-state index contributed by atoms with van der Waals surface area (Å²) in [5, 5.41) is 18.8. The van der Waals surface area contributed by atoms with Crippen molar-refractivity contribution in [2.75, 3.05) is 0 Å². The molecule has 1 aromatic heterocycles. The van der Waals surface area contributed by atoms with Crippen LogP contribution in [0.25, 0.3) is 0 Å². The van der Waals surface area contributed by atoms with Crippen LogP contribution in [0.4, 0.5) is 18.9 Å². The summed E-state index contributed by atoms with van der Waals surface area (Å²) in [6.45, 7) is -0.707. The smallest absolute Gasteiger partial charge is 0.390 e. The fourth-order valence-electron chi connectivity index (χ4n) is 0.950. The molecule has 1 N–H and O–H groups in total. The minimum atomic E-state index is -4.84. The molecule has 0 aliphatic carbocycles. The number of aromatic nitrogens is 1. The van der Waals surface area contributed by atoms with Gasteiger partial charge in [0.25, 0.3) is 5.69 Å². The number of aliphatic hydroxyl groups excluding tert-OH is 1. The molecule has 5 nitrogen and oxygen atoms in total. The third-order valence-corrected chi connectivity index (χ3v) is 1.60. The van der Waals surface area contributed by atoms with Gasteiger partial charge in [-0.25, -0.2) is 0 Å². The van der Waals surface area contributed by atoms with Gasteiger partial charge in [-0.2, -0.15) is 13.2 Å². The standard InChI is InChI=1S/C7H5F3N2O3/c8-7(9,10)5-1-4(3-13)11-2-6(5)12(14)15/h1-2,13H,3H2. The highest BCUT2D eigenvalue weighted by molar-refractivity contribution is 5.40. The predicted molar refractivity (Wildman–Crippen MR) is 41.8 cm³/mol. The quantitative estimate of drug-likeness (QED) is 0.607. The minimum Gasteiger partial charge on any atom is -0.390 e. The lowest BCUT2D eigenvalue weighted by Gasteiger charge is -2.07. The lowest BCUT2D eigenvalue weighted by atomic mass is 10.2. The maximum absolute atomic E-state index is 12.3. The van der Waals surface area contributed by atoms with E-state index in [0.29, 0.717) is 12.3 Å². The van der Waals surface area contributed by atoms with E-state index in [1.165, 1.54) is 0 Å². The van der Waals surface area contributed by atoms with Crippen molar-refractivity contribution in [1.82, 2.24) is 4.98 Å². The maximum atomic E-state index is 12.3. The van der Waals surface area contributed by atoms with Crippen LogP contribution in [0.15, 0.2) is 12.3 Å². The van der Waals surface area contributed by atoms with Gasteiger partial charge in [-0.1, -0.05) is 0 Å². The molecule has 0 saturated heterocycles. The number of aliphatic hydroxyl groups is 1. The summed E-state index contributed by atoms with van der Waals surface area (Å²) in [6.07, 6.45) is -4.36. The lowest BCUT2D eigenvalue weighted by Crippen LogP contribution is -2.10. The van der Waals surface area contributed by atoms with Gasteiger partial charge in [0.2, 0.25) is 0 Å². The fraction of sp³-hybridized carbons (Fsp3) is 0.286. The summed E-state index contributed by atoms with van der Waals surface area (Å²) in [6, 6.07) is 0.456. The molecule has 0 aromatic carbocycles. The summed E-state index contributed by atoms with van der Waals surface area (Å²) in [5.41, 5.74) is -2.81. The zero-order valence-corrected chi connectivity index (χ0v) is 7.15. The number of pyridine rings is 1. The van der Waals surface area contributed by atoms with Crippen LogP contribution in [-0.2, 0) is 12.8 Å². The lowest BCUT2D eigenvalue weighted by molar-refractivity contribution is -0.388. The van der Waals surface area contributed by atoms with E-state index >= 15 is 0 Å². The van der Waals surface area contributed by atoms with Gasteiger partial charge in [0.15, 0.2) is 0 Å². The van der Waals surface area contributed by atoms with Crippen molar-refractivity contribution in [3.63, 3.8) is 0 Å². The molecule has 0 spiro atoms. The first-order chi connectivity index (χ1) is 6.86. The molecule has 0 bridgehead atoms. The number of rotatable bonds is 2. The van der Waals surface area contributed by atoms with Crippen LogP contribution in [0, 0.1) is 10.1 Å². The minimum absolute atomic E-state index is 0.270. The van der Waals surface area contributed by atoms with Gasteiger partial charge in [0.05, 0.1) is 17.2 Å². The molecule has 0 unspecified atom stereocenters. The number of halogens is 3. The zero-order chi connectivity index (χ0) is 11.6. The topological polar surface area (TPSA) is 76.3 Å². The van der Waals surface area contributed by atoms with Crippen molar-refractivity contribution in [2.24, 2.45) is 0 Å². The highest BCUT2D eigenvalue weighted by atomic mass is 19.4. The average molecular weight is 222 g/mol. The fourth-order valence-corrected chi connectivity index (χ4v) is 0.950. The molecule has 0 radical (unpaired) electrons. The van der Waals surface area contributed by atoms with E-state index in [9.17, 15) is 23.3 Å². The molecule has 8 heteroatoms. The van der Waals surface area contributed by atoms with E-state index in [1.807, 2.05) is 0 Å². The number of alkyl halides is 3. The van der Waals surface area contributed by atoms with Crippen LogP contribution < -0.4 is 0 Å². The number of hydrogen-bond donors (Lipinski definition) is 1. The molecule has 0 aliphatic heterocycles. The Labute approximate surface area is 81.3 Å². The van der Waals surface area contributed by atoms with Gasteiger partial charge in [-0.15, -0.1) is 0 Å². The van der Waals surface area contributed by atoms with Crippen LogP contribution in [0.3, 0.4) is 0 Å². The largest absolute Gasteiger partial charge is 0.423 e. The van der Waals surface area contributed by atoms with E-state index in [-0.39, 0.29) is 5.69 Å². The molecular weight excluding hydrogens is 217 g/mol. The highest BCUT2D eigenvalue weighted by Gasteiger charge is 2.38. The Kier molecular flexibility index (Phi) is 2.89. The SMILES string of the molecule is O=[N+]([O-])c1cnc(CO)cc1C(F)(F)F. The third kappa shape index (κ3) is 2.40. The maximum Gasteiger partial charge on any atom is 0.423 e. The van der Waals surface area contributed by atoms with Crippen LogP contribution in [0.2, 0.25) is 0 Å². The van der Waals surface area contributed by atoms with Gasteiger partial charge in [-0.3, -0.25) is 15.1 Å². The highest BCUT2D eigenvalue weighted by Crippen LogP contribution is 2.35.